The van der Waals surface area contributed by atoms with Gasteiger partial charge < -0.3 is 9.32 Å². The van der Waals surface area contributed by atoms with Crippen molar-refractivity contribution in [2.24, 2.45) is 0 Å². The number of benzene rings is 1. The average molecular weight is 373 g/mol. The van der Waals surface area contributed by atoms with Gasteiger partial charge in [-0.15, -0.1) is 0 Å². The zero-order chi connectivity index (χ0) is 18.1. The van der Waals surface area contributed by atoms with Crippen LogP contribution in [0.3, 0.4) is 0 Å². The highest BCUT2D eigenvalue weighted by molar-refractivity contribution is 6.30. The summed E-state index contributed by atoms with van der Waals surface area (Å²) in [5.74, 6) is 1.98. The number of hydrogen-bond acceptors (Lipinski definition) is 3. The second kappa shape index (κ2) is 7.45. The molecule has 1 amide bonds. The van der Waals surface area contributed by atoms with Gasteiger partial charge in [0.25, 0.3) is 0 Å². The van der Waals surface area contributed by atoms with Crippen molar-refractivity contribution in [3.63, 3.8) is 0 Å². The molecule has 1 aromatic heterocycles. The third-order valence-electron chi connectivity index (χ3n) is 5.39. The molecule has 0 bridgehead atoms. The Bertz CT molecular complexity index is 767. The zero-order valence-corrected chi connectivity index (χ0v) is 15.9. The summed E-state index contributed by atoms with van der Waals surface area (Å²) in [5, 5.41) is 0.753. The molecule has 0 radical (unpaired) electrons. The minimum atomic E-state index is 0.211. The Morgan fingerprint density at radius 3 is 2.62 bits per heavy atom. The summed E-state index contributed by atoms with van der Waals surface area (Å²) >= 11 is 6.02. The Morgan fingerprint density at radius 1 is 1.19 bits per heavy atom. The van der Waals surface area contributed by atoms with E-state index in [1.54, 1.807) is 0 Å². The molecule has 1 aliphatic heterocycles. The summed E-state index contributed by atoms with van der Waals surface area (Å²) in [5.41, 5.74) is 1.25. The molecule has 5 heteroatoms. The molecule has 1 saturated heterocycles. The number of carbonyl (C=O) groups excluding carboxylic acids is 1. The van der Waals surface area contributed by atoms with E-state index in [-0.39, 0.29) is 5.91 Å². The fourth-order valence-electron chi connectivity index (χ4n) is 3.89. The lowest BCUT2D eigenvalue weighted by Crippen LogP contribution is -2.41. The second-order valence-electron chi connectivity index (χ2n) is 7.45. The number of nitrogens with zero attached hydrogens (tertiary/aromatic N) is 2. The number of furan rings is 1. The smallest absolute Gasteiger partial charge is 0.237 e. The summed E-state index contributed by atoms with van der Waals surface area (Å²) in [6.07, 6.45) is 4.43. The lowest BCUT2D eigenvalue weighted by atomic mass is 10.0. The van der Waals surface area contributed by atoms with Crippen molar-refractivity contribution in [3.05, 3.63) is 58.5 Å². The van der Waals surface area contributed by atoms with Crippen molar-refractivity contribution in [1.82, 2.24) is 9.80 Å². The van der Waals surface area contributed by atoms with E-state index < -0.39 is 0 Å². The van der Waals surface area contributed by atoms with Crippen LogP contribution in [0, 0.1) is 6.92 Å². The zero-order valence-electron chi connectivity index (χ0n) is 15.2. The molecule has 138 valence electrons. The normalized spacial score (nSPS) is 20.5. The van der Waals surface area contributed by atoms with Crippen molar-refractivity contribution in [3.8, 4) is 0 Å². The van der Waals surface area contributed by atoms with Gasteiger partial charge >= 0.3 is 0 Å². The van der Waals surface area contributed by atoms with E-state index >= 15 is 0 Å². The van der Waals surface area contributed by atoms with Gasteiger partial charge in [0.1, 0.15) is 11.5 Å². The van der Waals surface area contributed by atoms with Crippen molar-refractivity contribution >= 4 is 17.5 Å². The molecule has 0 N–H and O–H groups in total. The molecule has 2 heterocycles. The highest BCUT2D eigenvalue weighted by Gasteiger charge is 2.35. The molecule has 2 fully saturated rings. The highest BCUT2D eigenvalue weighted by atomic mass is 35.5. The molecular formula is C21H25ClN2O2. The lowest BCUT2D eigenvalue weighted by molar-refractivity contribution is -0.134. The third kappa shape index (κ3) is 3.97. The van der Waals surface area contributed by atoms with Crippen LogP contribution >= 0.6 is 11.6 Å². The molecule has 4 nitrogen and oxygen atoms in total. The van der Waals surface area contributed by atoms with Gasteiger partial charge in [-0.2, -0.15) is 0 Å². The van der Waals surface area contributed by atoms with Crippen LogP contribution in [-0.4, -0.2) is 34.8 Å². The maximum atomic E-state index is 13.0. The Kier molecular flexibility index (Phi) is 5.05. The molecule has 1 atom stereocenters. The minimum Gasteiger partial charge on any atom is -0.464 e. The Morgan fingerprint density at radius 2 is 1.96 bits per heavy atom. The number of carbonyl (C=O) groups is 1. The molecule has 0 spiro atoms. The molecule has 2 aromatic rings. The highest BCUT2D eigenvalue weighted by Crippen LogP contribution is 2.34. The number of halogens is 1. The first kappa shape index (κ1) is 17.6. The van der Waals surface area contributed by atoms with E-state index in [0.717, 1.165) is 48.8 Å². The topological polar surface area (TPSA) is 36.7 Å². The van der Waals surface area contributed by atoms with Crippen LogP contribution in [0.4, 0.5) is 0 Å². The van der Waals surface area contributed by atoms with Crippen LogP contribution in [0.1, 0.15) is 48.8 Å². The first-order chi connectivity index (χ1) is 12.6. The van der Waals surface area contributed by atoms with E-state index in [4.69, 9.17) is 16.0 Å². The van der Waals surface area contributed by atoms with Crippen LogP contribution in [0.2, 0.25) is 5.02 Å². The van der Waals surface area contributed by atoms with Gasteiger partial charge in [-0.1, -0.05) is 23.7 Å². The fraction of sp³-hybridized carbons (Fsp3) is 0.476. The first-order valence-corrected chi connectivity index (χ1v) is 9.82. The molecule has 26 heavy (non-hydrogen) atoms. The fourth-order valence-corrected chi connectivity index (χ4v) is 4.01. The number of hydrogen-bond donors (Lipinski definition) is 0. The van der Waals surface area contributed by atoms with Gasteiger partial charge in [-0.25, -0.2) is 0 Å². The number of rotatable bonds is 6. The van der Waals surface area contributed by atoms with Crippen molar-refractivity contribution in [2.75, 3.05) is 13.1 Å². The Hall–Kier alpha value is -1.78. The number of amides is 1. The van der Waals surface area contributed by atoms with E-state index in [0.29, 0.717) is 25.2 Å². The molecule has 1 aromatic carbocycles. The van der Waals surface area contributed by atoms with Gasteiger partial charge in [0.2, 0.25) is 5.91 Å². The largest absolute Gasteiger partial charge is 0.464 e. The SMILES string of the molecule is Cc1ccc(CN(C(=O)CN2CCCC2c2ccc(Cl)cc2)C2CC2)o1. The van der Waals surface area contributed by atoms with E-state index in [2.05, 4.69) is 17.0 Å². The first-order valence-electron chi connectivity index (χ1n) is 9.44. The van der Waals surface area contributed by atoms with Gasteiger partial charge in [-0.3, -0.25) is 9.69 Å². The quantitative estimate of drug-likeness (QED) is 0.745. The summed E-state index contributed by atoms with van der Waals surface area (Å²) in [6.45, 7) is 3.96. The maximum absolute atomic E-state index is 13.0. The maximum Gasteiger partial charge on any atom is 0.237 e. The summed E-state index contributed by atoms with van der Waals surface area (Å²) in [4.78, 5) is 17.4. The van der Waals surface area contributed by atoms with Crippen molar-refractivity contribution in [2.45, 2.75) is 51.2 Å². The molecule has 1 aliphatic carbocycles. The van der Waals surface area contributed by atoms with Gasteiger partial charge in [0.05, 0.1) is 13.1 Å². The summed E-state index contributed by atoms with van der Waals surface area (Å²) in [6, 6.07) is 12.7. The van der Waals surface area contributed by atoms with Gasteiger partial charge in [-0.05, 0) is 69.0 Å². The van der Waals surface area contributed by atoms with Crippen molar-refractivity contribution < 1.29 is 9.21 Å². The van der Waals surface area contributed by atoms with Crippen LogP contribution in [0.25, 0.3) is 0 Å². The average Bonchev–Trinajstić information content (AvgIpc) is 3.22. The monoisotopic (exact) mass is 372 g/mol. The third-order valence-corrected chi connectivity index (χ3v) is 5.64. The van der Waals surface area contributed by atoms with E-state index in [9.17, 15) is 4.79 Å². The molecule has 1 saturated carbocycles. The van der Waals surface area contributed by atoms with Gasteiger partial charge in [0, 0.05) is 17.1 Å². The van der Waals surface area contributed by atoms with Gasteiger partial charge in [0.15, 0.2) is 0 Å². The minimum absolute atomic E-state index is 0.211. The summed E-state index contributed by atoms with van der Waals surface area (Å²) < 4.78 is 5.69. The number of likely N-dealkylation sites (tertiary alicyclic amines) is 1. The summed E-state index contributed by atoms with van der Waals surface area (Å²) in [7, 11) is 0. The van der Waals surface area contributed by atoms with Crippen LogP contribution < -0.4 is 0 Å². The molecular weight excluding hydrogens is 348 g/mol. The van der Waals surface area contributed by atoms with Crippen molar-refractivity contribution in [1.29, 1.82) is 0 Å². The standard InChI is InChI=1S/C21H25ClN2O2/c1-15-4-11-19(26-15)13-24(18-9-10-18)21(25)14-23-12-2-3-20(23)16-5-7-17(22)8-6-16/h4-8,11,18,20H,2-3,9-10,12-14H2,1H3. The van der Waals surface area contributed by atoms with E-state index in [1.807, 2.05) is 36.1 Å². The van der Waals surface area contributed by atoms with E-state index in [1.165, 1.54) is 5.56 Å². The molecule has 4 rings (SSSR count). The Labute approximate surface area is 159 Å². The predicted octanol–water partition coefficient (Wildman–Crippen LogP) is 4.57. The molecule has 1 unspecified atom stereocenters. The van der Waals surface area contributed by atoms with Crippen LogP contribution in [0.5, 0.6) is 0 Å². The second-order valence-corrected chi connectivity index (χ2v) is 7.88. The Balaban J connectivity index is 1.44. The number of aryl methyl sites for hydroxylation is 1. The van der Waals surface area contributed by atoms with Crippen LogP contribution in [-0.2, 0) is 11.3 Å². The predicted molar refractivity (Wildman–Crippen MR) is 102 cm³/mol. The molecule has 2 aliphatic rings. The lowest BCUT2D eigenvalue weighted by Gasteiger charge is -2.28. The van der Waals surface area contributed by atoms with Crippen LogP contribution in [0.15, 0.2) is 40.8 Å².